The van der Waals surface area contributed by atoms with E-state index in [2.05, 4.69) is 10.6 Å². The van der Waals surface area contributed by atoms with Crippen LogP contribution in [0.4, 0.5) is 30.6 Å². The van der Waals surface area contributed by atoms with Crippen LogP contribution in [-0.2, 0) is 4.79 Å². The summed E-state index contributed by atoms with van der Waals surface area (Å²) in [7, 11) is 1.49. The lowest BCUT2D eigenvalue weighted by Gasteiger charge is -2.20. The Balaban J connectivity index is 1.79. The van der Waals surface area contributed by atoms with Crippen LogP contribution in [-0.4, -0.2) is 25.6 Å². The van der Waals surface area contributed by atoms with Crippen LogP contribution >= 0.6 is 0 Å². The maximum absolute atomic E-state index is 13.6. The van der Waals surface area contributed by atoms with E-state index in [-0.39, 0.29) is 5.91 Å². The van der Waals surface area contributed by atoms with Crippen molar-refractivity contribution < 1.29 is 23.1 Å². The van der Waals surface area contributed by atoms with Crippen molar-refractivity contribution in [2.24, 2.45) is 0 Å². The number of anilines is 3. The minimum Gasteiger partial charge on any atom is -0.495 e. The van der Waals surface area contributed by atoms with Crippen LogP contribution in [0.2, 0.25) is 0 Å². The number of ether oxygens (including phenoxy) is 1. The van der Waals surface area contributed by atoms with Gasteiger partial charge in [0.05, 0.1) is 12.8 Å². The number of methoxy groups -OCH3 is 1. The fraction of sp³-hybridized carbons (Fsp3) is 0.222. The van der Waals surface area contributed by atoms with Crippen molar-refractivity contribution in [1.29, 1.82) is 0 Å². The van der Waals surface area contributed by atoms with E-state index < -0.39 is 23.4 Å². The number of carbonyl (C=O) groups excluding carboxylic acids is 2. The monoisotopic (exact) mass is 361 g/mol. The maximum atomic E-state index is 13.6. The summed E-state index contributed by atoms with van der Waals surface area (Å²) >= 11 is 0. The summed E-state index contributed by atoms with van der Waals surface area (Å²) in [5, 5.41) is 4.64. The van der Waals surface area contributed by atoms with Crippen LogP contribution in [0.3, 0.4) is 0 Å². The zero-order chi connectivity index (χ0) is 18.7. The molecule has 0 bridgehead atoms. The number of carbonyl (C=O) groups is 2. The Bertz CT molecular complexity index is 837. The quantitative estimate of drug-likeness (QED) is 0.871. The summed E-state index contributed by atoms with van der Waals surface area (Å²) in [6, 6.07) is 7.25. The van der Waals surface area contributed by atoms with Gasteiger partial charge in [-0.3, -0.25) is 4.79 Å². The molecule has 1 fully saturated rings. The smallest absolute Gasteiger partial charge is 0.323 e. The Morgan fingerprint density at radius 2 is 1.88 bits per heavy atom. The van der Waals surface area contributed by atoms with Crippen molar-refractivity contribution in [2.75, 3.05) is 29.2 Å². The summed E-state index contributed by atoms with van der Waals surface area (Å²) in [6.07, 6.45) is 1.19. The van der Waals surface area contributed by atoms with Gasteiger partial charge in [-0.15, -0.1) is 0 Å². The Labute approximate surface area is 148 Å². The number of hydrogen-bond donors (Lipinski definition) is 2. The van der Waals surface area contributed by atoms with Crippen molar-refractivity contribution in [3.05, 3.63) is 48.0 Å². The largest absolute Gasteiger partial charge is 0.495 e. The highest BCUT2D eigenvalue weighted by Crippen LogP contribution is 2.34. The molecule has 1 saturated heterocycles. The first-order valence-corrected chi connectivity index (χ1v) is 8.00. The fourth-order valence-electron chi connectivity index (χ4n) is 2.77. The van der Waals surface area contributed by atoms with E-state index in [1.165, 1.54) is 13.2 Å². The van der Waals surface area contributed by atoms with Crippen molar-refractivity contribution in [2.45, 2.75) is 12.8 Å². The molecular weight excluding hydrogens is 344 g/mol. The summed E-state index contributed by atoms with van der Waals surface area (Å²) in [5.74, 6) is -1.29. The molecule has 136 valence electrons. The summed E-state index contributed by atoms with van der Waals surface area (Å²) in [5.41, 5.74) is 0.355. The van der Waals surface area contributed by atoms with Crippen molar-refractivity contribution in [3.8, 4) is 5.75 Å². The molecule has 2 aromatic rings. The Kier molecular flexibility index (Phi) is 5.01. The first-order chi connectivity index (χ1) is 12.5. The van der Waals surface area contributed by atoms with Gasteiger partial charge in [0.1, 0.15) is 23.1 Å². The normalized spacial score (nSPS) is 13.7. The number of nitrogens with zero attached hydrogens (tertiary/aromatic N) is 1. The van der Waals surface area contributed by atoms with Crippen LogP contribution in [0.1, 0.15) is 12.8 Å². The Morgan fingerprint density at radius 3 is 2.50 bits per heavy atom. The molecule has 1 aliphatic heterocycles. The highest BCUT2D eigenvalue weighted by Gasteiger charge is 2.25. The molecule has 0 aromatic heterocycles. The molecule has 2 N–H and O–H groups in total. The first kappa shape index (κ1) is 17.7. The number of urea groups is 1. The van der Waals surface area contributed by atoms with Crippen LogP contribution < -0.4 is 20.3 Å². The zero-order valence-electron chi connectivity index (χ0n) is 14.0. The topological polar surface area (TPSA) is 70.7 Å². The lowest BCUT2D eigenvalue weighted by Crippen LogP contribution is -2.25. The van der Waals surface area contributed by atoms with E-state index in [4.69, 9.17) is 4.74 Å². The Morgan fingerprint density at radius 1 is 1.15 bits per heavy atom. The second kappa shape index (κ2) is 7.38. The first-order valence-electron chi connectivity index (χ1n) is 8.00. The number of benzene rings is 2. The second-order valence-electron chi connectivity index (χ2n) is 5.71. The molecule has 3 rings (SSSR count). The van der Waals surface area contributed by atoms with Crippen LogP contribution in [0.15, 0.2) is 36.4 Å². The molecule has 8 heteroatoms. The molecule has 26 heavy (non-hydrogen) atoms. The molecule has 1 aliphatic rings. The third-order valence-corrected chi connectivity index (χ3v) is 4.00. The molecule has 2 aromatic carbocycles. The minimum absolute atomic E-state index is 0.0293. The van der Waals surface area contributed by atoms with Gasteiger partial charge < -0.3 is 20.3 Å². The predicted octanol–water partition coefficient (Wildman–Crippen LogP) is 3.74. The zero-order valence-corrected chi connectivity index (χ0v) is 14.0. The molecule has 0 aliphatic carbocycles. The summed E-state index contributed by atoms with van der Waals surface area (Å²) < 4.78 is 32.5. The molecule has 0 spiro atoms. The number of nitrogens with one attached hydrogen (secondary N) is 2. The molecule has 3 amide bonds. The summed E-state index contributed by atoms with van der Waals surface area (Å²) in [6.45, 7) is 0.561. The van der Waals surface area contributed by atoms with Crippen LogP contribution in [0.25, 0.3) is 0 Å². The van der Waals surface area contributed by atoms with Crippen LogP contribution in [0, 0.1) is 11.6 Å². The number of para-hydroxylation sites is 1. The fourth-order valence-corrected chi connectivity index (χ4v) is 2.77. The van der Waals surface area contributed by atoms with Crippen molar-refractivity contribution in [1.82, 2.24) is 0 Å². The molecule has 0 radical (unpaired) electrons. The number of amides is 3. The van der Waals surface area contributed by atoms with Crippen molar-refractivity contribution in [3.63, 3.8) is 0 Å². The van der Waals surface area contributed by atoms with Gasteiger partial charge in [0.15, 0.2) is 0 Å². The molecule has 0 saturated carbocycles. The van der Waals surface area contributed by atoms with Crippen molar-refractivity contribution >= 4 is 29.0 Å². The van der Waals surface area contributed by atoms with E-state index in [1.807, 2.05) is 0 Å². The van der Waals surface area contributed by atoms with Gasteiger partial charge in [0.25, 0.3) is 0 Å². The highest BCUT2D eigenvalue weighted by molar-refractivity contribution is 6.01. The molecule has 1 heterocycles. The average Bonchev–Trinajstić information content (AvgIpc) is 3.04. The van der Waals surface area contributed by atoms with Gasteiger partial charge in [0, 0.05) is 18.7 Å². The number of hydrogen-bond acceptors (Lipinski definition) is 3. The molecule has 6 nitrogen and oxygen atoms in total. The van der Waals surface area contributed by atoms with Gasteiger partial charge in [-0.25, -0.2) is 13.6 Å². The van der Waals surface area contributed by atoms with E-state index in [0.717, 1.165) is 18.6 Å². The molecular formula is C18H17F2N3O3. The van der Waals surface area contributed by atoms with Gasteiger partial charge in [-0.05, 0) is 36.8 Å². The van der Waals surface area contributed by atoms with E-state index in [0.29, 0.717) is 30.1 Å². The van der Waals surface area contributed by atoms with E-state index in [9.17, 15) is 18.4 Å². The van der Waals surface area contributed by atoms with E-state index in [1.54, 1.807) is 23.1 Å². The minimum atomic E-state index is -0.877. The summed E-state index contributed by atoms with van der Waals surface area (Å²) in [4.78, 5) is 25.6. The third-order valence-electron chi connectivity index (χ3n) is 4.00. The Hall–Kier alpha value is -3.16. The third kappa shape index (κ3) is 3.58. The molecule has 0 atom stereocenters. The number of rotatable bonds is 4. The standard InChI is InChI=1S/C18H17F2N3O3/c1-26-15-8-7-11(10-14(15)23-9-3-6-16(23)24)21-18(25)22-17-12(19)4-2-5-13(17)20/h2,4-5,7-8,10H,3,6,9H2,1H3,(H2,21,22,25). The second-order valence-corrected chi connectivity index (χ2v) is 5.71. The average molecular weight is 361 g/mol. The van der Waals surface area contributed by atoms with E-state index >= 15 is 0 Å². The van der Waals surface area contributed by atoms with Gasteiger partial charge >= 0.3 is 6.03 Å². The van der Waals surface area contributed by atoms with Gasteiger partial charge in [0.2, 0.25) is 5.91 Å². The predicted molar refractivity (Wildman–Crippen MR) is 93.6 cm³/mol. The van der Waals surface area contributed by atoms with Crippen LogP contribution in [0.5, 0.6) is 5.75 Å². The highest BCUT2D eigenvalue weighted by atomic mass is 19.1. The lowest BCUT2D eigenvalue weighted by molar-refractivity contribution is -0.117. The number of halogens is 2. The van der Waals surface area contributed by atoms with Gasteiger partial charge in [-0.1, -0.05) is 6.07 Å². The molecule has 0 unspecified atom stereocenters. The van der Waals surface area contributed by atoms with Gasteiger partial charge in [-0.2, -0.15) is 0 Å². The maximum Gasteiger partial charge on any atom is 0.323 e. The SMILES string of the molecule is COc1ccc(NC(=O)Nc2c(F)cccc2F)cc1N1CCCC1=O. The lowest BCUT2D eigenvalue weighted by atomic mass is 10.2.